The summed E-state index contributed by atoms with van der Waals surface area (Å²) in [7, 11) is 0. The maximum absolute atomic E-state index is 12.4. The van der Waals surface area contributed by atoms with E-state index in [1.165, 1.54) is 5.56 Å². The Morgan fingerprint density at radius 3 is 2.43 bits per heavy atom. The van der Waals surface area contributed by atoms with Crippen LogP contribution in [0.2, 0.25) is 0 Å². The maximum atomic E-state index is 12.4. The molecule has 5 nitrogen and oxygen atoms in total. The molecule has 2 aliphatic rings. The summed E-state index contributed by atoms with van der Waals surface area (Å²) in [5, 5.41) is 3.35. The third-order valence-corrected chi connectivity index (χ3v) is 4.77. The number of piperazine rings is 1. The quantitative estimate of drug-likeness (QED) is 0.884. The molecule has 1 N–H and O–H groups in total. The van der Waals surface area contributed by atoms with Crippen LogP contribution in [-0.4, -0.2) is 79.5 Å². The van der Waals surface area contributed by atoms with Crippen LogP contribution < -0.4 is 5.32 Å². The van der Waals surface area contributed by atoms with E-state index >= 15 is 0 Å². The largest absolute Gasteiger partial charge is 0.340 e. The predicted octanol–water partition coefficient (Wildman–Crippen LogP) is 0.626. The van der Waals surface area contributed by atoms with Gasteiger partial charge in [-0.15, -0.1) is 0 Å². The molecule has 5 heteroatoms. The number of benzene rings is 1. The molecule has 2 saturated heterocycles. The van der Waals surface area contributed by atoms with E-state index in [4.69, 9.17) is 0 Å². The average molecular weight is 316 g/mol. The van der Waals surface area contributed by atoms with E-state index in [0.717, 1.165) is 65.3 Å². The van der Waals surface area contributed by atoms with Crippen LogP contribution in [0.15, 0.2) is 30.3 Å². The first-order valence-corrected chi connectivity index (χ1v) is 8.78. The van der Waals surface area contributed by atoms with Gasteiger partial charge in [0.2, 0.25) is 5.91 Å². The number of amides is 1. The van der Waals surface area contributed by atoms with E-state index in [0.29, 0.717) is 12.5 Å². The molecule has 0 spiro atoms. The maximum Gasteiger partial charge on any atom is 0.236 e. The molecule has 2 heterocycles. The highest BCUT2D eigenvalue weighted by molar-refractivity contribution is 5.78. The third kappa shape index (κ3) is 5.03. The summed E-state index contributed by atoms with van der Waals surface area (Å²) in [5.41, 5.74) is 1.37. The number of carbonyl (C=O) groups excluding carboxylic acids is 1. The van der Waals surface area contributed by atoms with Gasteiger partial charge < -0.3 is 10.2 Å². The van der Waals surface area contributed by atoms with E-state index in [-0.39, 0.29) is 0 Å². The zero-order valence-corrected chi connectivity index (χ0v) is 13.9. The lowest BCUT2D eigenvalue weighted by molar-refractivity contribution is -0.132. The first kappa shape index (κ1) is 16.4. The van der Waals surface area contributed by atoms with E-state index in [1.807, 2.05) is 4.90 Å². The molecule has 3 rings (SSSR count). The fraction of sp³-hybridized carbons (Fsp3) is 0.611. The van der Waals surface area contributed by atoms with Crippen molar-refractivity contribution < 1.29 is 4.79 Å². The lowest BCUT2D eigenvalue weighted by Gasteiger charge is -2.35. The molecule has 0 aromatic heterocycles. The second kappa shape index (κ2) is 8.43. The molecule has 1 amide bonds. The van der Waals surface area contributed by atoms with E-state index in [2.05, 4.69) is 45.4 Å². The molecule has 0 saturated carbocycles. The van der Waals surface area contributed by atoms with Crippen molar-refractivity contribution in [3.05, 3.63) is 35.9 Å². The Hall–Kier alpha value is -1.43. The van der Waals surface area contributed by atoms with Crippen LogP contribution in [0.1, 0.15) is 12.0 Å². The molecule has 0 radical (unpaired) electrons. The zero-order valence-electron chi connectivity index (χ0n) is 13.9. The Morgan fingerprint density at radius 2 is 1.65 bits per heavy atom. The Labute approximate surface area is 139 Å². The van der Waals surface area contributed by atoms with E-state index in [1.54, 1.807) is 0 Å². The van der Waals surface area contributed by atoms with Crippen molar-refractivity contribution in [1.29, 1.82) is 0 Å². The monoisotopic (exact) mass is 316 g/mol. The Bertz CT molecular complexity index is 477. The first-order chi connectivity index (χ1) is 11.3. The summed E-state index contributed by atoms with van der Waals surface area (Å²) in [6.07, 6.45) is 1.07. The summed E-state index contributed by atoms with van der Waals surface area (Å²) in [5.74, 6) is 0.296. The van der Waals surface area contributed by atoms with Gasteiger partial charge in [0.25, 0.3) is 0 Å². The highest BCUT2D eigenvalue weighted by Gasteiger charge is 2.22. The molecule has 0 unspecified atom stereocenters. The van der Waals surface area contributed by atoms with Gasteiger partial charge in [-0.25, -0.2) is 0 Å². The number of hydrogen-bond acceptors (Lipinski definition) is 4. The van der Waals surface area contributed by atoms with Crippen LogP contribution in [0.25, 0.3) is 0 Å². The molecule has 0 bridgehead atoms. The van der Waals surface area contributed by atoms with Gasteiger partial charge >= 0.3 is 0 Å². The SMILES string of the molecule is O=C(CN1CCN(Cc2ccccc2)CC1)N1CCCNCC1. The van der Waals surface area contributed by atoms with Gasteiger partial charge in [0.05, 0.1) is 6.54 Å². The second-order valence-corrected chi connectivity index (χ2v) is 6.52. The van der Waals surface area contributed by atoms with Crippen molar-refractivity contribution >= 4 is 5.91 Å². The molecule has 126 valence electrons. The normalized spacial score (nSPS) is 21.1. The topological polar surface area (TPSA) is 38.8 Å². The van der Waals surface area contributed by atoms with Gasteiger partial charge in [0, 0.05) is 52.4 Å². The summed E-state index contributed by atoms with van der Waals surface area (Å²) >= 11 is 0. The molecule has 2 aliphatic heterocycles. The van der Waals surface area contributed by atoms with Crippen molar-refractivity contribution in [1.82, 2.24) is 20.0 Å². The van der Waals surface area contributed by atoms with Crippen molar-refractivity contribution in [3.8, 4) is 0 Å². The van der Waals surface area contributed by atoms with Crippen LogP contribution in [-0.2, 0) is 11.3 Å². The highest BCUT2D eigenvalue weighted by atomic mass is 16.2. The van der Waals surface area contributed by atoms with Crippen molar-refractivity contribution in [2.45, 2.75) is 13.0 Å². The fourth-order valence-corrected chi connectivity index (χ4v) is 3.33. The van der Waals surface area contributed by atoms with E-state index < -0.39 is 0 Å². The Kier molecular flexibility index (Phi) is 6.02. The molecule has 1 aromatic rings. The van der Waals surface area contributed by atoms with Crippen molar-refractivity contribution in [3.63, 3.8) is 0 Å². The minimum Gasteiger partial charge on any atom is -0.340 e. The lowest BCUT2D eigenvalue weighted by atomic mass is 10.2. The summed E-state index contributed by atoms with van der Waals surface area (Å²) in [6.45, 7) is 9.38. The van der Waals surface area contributed by atoms with Gasteiger partial charge in [0.1, 0.15) is 0 Å². The molecule has 23 heavy (non-hydrogen) atoms. The predicted molar refractivity (Wildman–Crippen MR) is 92.2 cm³/mol. The van der Waals surface area contributed by atoms with Gasteiger partial charge in [-0.2, -0.15) is 0 Å². The third-order valence-electron chi connectivity index (χ3n) is 4.77. The number of carbonyl (C=O) groups is 1. The van der Waals surface area contributed by atoms with Crippen molar-refractivity contribution in [2.24, 2.45) is 0 Å². The molecular formula is C18H28N4O. The smallest absolute Gasteiger partial charge is 0.236 e. The Morgan fingerprint density at radius 1 is 0.913 bits per heavy atom. The van der Waals surface area contributed by atoms with E-state index in [9.17, 15) is 4.79 Å². The zero-order chi connectivity index (χ0) is 15.9. The van der Waals surface area contributed by atoms with Gasteiger partial charge in [-0.05, 0) is 18.5 Å². The Balaban J connectivity index is 1.41. The minimum absolute atomic E-state index is 0.296. The standard InChI is InChI=1S/C18H28N4O/c23-18(22-9-4-7-19-8-10-22)16-21-13-11-20(12-14-21)15-17-5-2-1-3-6-17/h1-3,5-6,19H,4,7-16H2. The van der Waals surface area contributed by atoms with Crippen LogP contribution in [0.5, 0.6) is 0 Å². The number of nitrogens with zero attached hydrogens (tertiary/aromatic N) is 3. The van der Waals surface area contributed by atoms with Crippen LogP contribution in [0.4, 0.5) is 0 Å². The van der Waals surface area contributed by atoms with Crippen LogP contribution >= 0.6 is 0 Å². The van der Waals surface area contributed by atoms with Crippen LogP contribution in [0, 0.1) is 0 Å². The number of nitrogens with one attached hydrogen (secondary N) is 1. The van der Waals surface area contributed by atoms with Gasteiger partial charge in [-0.1, -0.05) is 30.3 Å². The molecule has 2 fully saturated rings. The van der Waals surface area contributed by atoms with Crippen molar-refractivity contribution in [2.75, 3.05) is 58.9 Å². The average Bonchev–Trinajstić information content (AvgIpc) is 2.87. The second-order valence-electron chi connectivity index (χ2n) is 6.52. The first-order valence-electron chi connectivity index (χ1n) is 8.78. The lowest BCUT2D eigenvalue weighted by Crippen LogP contribution is -2.50. The summed E-state index contributed by atoms with van der Waals surface area (Å²) in [4.78, 5) is 19.2. The molecular weight excluding hydrogens is 288 g/mol. The molecule has 0 atom stereocenters. The molecule has 1 aromatic carbocycles. The van der Waals surface area contributed by atoms with Gasteiger partial charge in [0.15, 0.2) is 0 Å². The minimum atomic E-state index is 0.296. The molecule has 0 aliphatic carbocycles. The number of rotatable bonds is 4. The van der Waals surface area contributed by atoms with Gasteiger partial charge in [-0.3, -0.25) is 14.6 Å². The number of hydrogen-bond donors (Lipinski definition) is 1. The fourth-order valence-electron chi connectivity index (χ4n) is 3.33. The van der Waals surface area contributed by atoms with Crippen LogP contribution in [0.3, 0.4) is 0 Å². The summed E-state index contributed by atoms with van der Waals surface area (Å²) < 4.78 is 0. The summed E-state index contributed by atoms with van der Waals surface area (Å²) in [6, 6.07) is 10.6. The highest BCUT2D eigenvalue weighted by Crippen LogP contribution is 2.09.